The van der Waals surface area contributed by atoms with Gasteiger partial charge in [0, 0.05) is 36.1 Å². The third kappa shape index (κ3) is 5.68. The van der Waals surface area contributed by atoms with Crippen LogP contribution in [0.1, 0.15) is 53.4 Å². The van der Waals surface area contributed by atoms with Gasteiger partial charge < -0.3 is 15.4 Å². The summed E-state index contributed by atoms with van der Waals surface area (Å²) in [5.74, 6) is -2.21. The zero-order valence-corrected chi connectivity index (χ0v) is 19.5. The Morgan fingerprint density at radius 1 is 1.15 bits per heavy atom. The molecule has 5 amide bonds. The summed E-state index contributed by atoms with van der Waals surface area (Å²) in [6, 6.07) is -1.10. The average molecular weight is 461 g/mol. The number of hydrogen-bond donors (Lipinski definition) is 3. The Kier molecular flexibility index (Phi) is 7.36. The van der Waals surface area contributed by atoms with Crippen LogP contribution >= 0.6 is 0 Å². The molecule has 0 saturated carbocycles. The fourth-order valence-corrected chi connectivity index (χ4v) is 4.21. The van der Waals surface area contributed by atoms with Gasteiger partial charge in [0.05, 0.1) is 0 Å². The minimum Gasteiger partial charge on any atom is -0.444 e. The van der Waals surface area contributed by atoms with Crippen LogP contribution in [0.25, 0.3) is 0 Å². The highest BCUT2D eigenvalue weighted by molar-refractivity contribution is 6.23. The molecule has 2 heterocycles. The normalized spacial score (nSPS) is 25.3. The molecule has 10 heteroatoms. The third-order valence-electron chi connectivity index (χ3n) is 5.83. The van der Waals surface area contributed by atoms with E-state index in [4.69, 9.17) is 4.74 Å². The smallest absolute Gasteiger partial charge is 0.407 e. The first-order valence-corrected chi connectivity index (χ1v) is 11.3. The Bertz CT molecular complexity index is 916. The summed E-state index contributed by atoms with van der Waals surface area (Å²) >= 11 is 0. The van der Waals surface area contributed by atoms with Gasteiger partial charge in [0.2, 0.25) is 11.8 Å². The Morgan fingerprint density at radius 3 is 2.52 bits per heavy atom. The summed E-state index contributed by atoms with van der Waals surface area (Å²) in [4.78, 5) is 62.2. The van der Waals surface area contributed by atoms with E-state index in [1.807, 2.05) is 33.8 Å². The lowest BCUT2D eigenvalue weighted by Crippen LogP contribution is -2.55. The molecule has 0 aromatic rings. The van der Waals surface area contributed by atoms with E-state index < -0.39 is 41.4 Å². The summed E-state index contributed by atoms with van der Waals surface area (Å²) in [6.07, 6.45) is 4.85. The van der Waals surface area contributed by atoms with Crippen molar-refractivity contribution in [2.75, 3.05) is 13.1 Å². The molecule has 0 radical (unpaired) electrons. The van der Waals surface area contributed by atoms with Gasteiger partial charge in [0.1, 0.15) is 11.6 Å². The SMILES string of the molecule is CC1C2=C(C=CC1NCCCCNC(=O)OC(C)(C)C)C(=O)N(C1CCC(=O)NC1=O)C2=O. The molecule has 3 N–H and O–H groups in total. The fourth-order valence-electron chi connectivity index (χ4n) is 4.21. The van der Waals surface area contributed by atoms with E-state index in [-0.39, 0.29) is 24.8 Å². The molecule has 1 aliphatic carbocycles. The molecule has 3 unspecified atom stereocenters. The molecule has 0 bridgehead atoms. The summed E-state index contributed by atoms with van der Waals surface area (Å²) in [5, 5.41) is 8.31. The van der Waals surface area contributed by atoms with Crippen LogP contribution in [0.4, 0.5) is 4.79 Å². The van der Waals surface area contributed by atoms with Crippen molar-refractivity contribution in [3.8, 4) is 0 Å². The highest BCUT2D eigenvalue weighted by Gasteiger charge is 2.48. The number of imide groups is 2. The van der Waals surface area contributed by atoms with E-state index in [1.165, 1.54) is 0 Å². The molecule has 10 nitrogen and oxygen atoms in total. The number of piperidine rings is 1. The minimum atomic E-state index is -0.960. The molecule has 2 aliphatic heterocycles. The van der Waals surface area contributed by atoms with Gasteiger partial charge in [-0.1, -0.05) is 19.1 Å². The van der Waals surface area contributed by atoms with Crippen molar-refractivity contribution < 1.29 is 28.7 Å². The highest BCUT2D eigenvalue weighted by Crippen LogP contribution is 2.35. The maximum Gasteiger partial charge on any atom is 0.407 e. The Balaban J connectivity index is 1.48. The van der Waals surface area contributed by atoms with E-state index in [1.54, 1.807) is 6.08 Å². The van der Waals surface area contributed by atoms with Gasteiger partial charge in [-0.05, 0) is 46.6 Å². The number of amides is 5. The van der Waals surface area contributed by atoms with Crippen molar-refractivity contribution in [3.63, 3.8) is 0 Å². The number of ether oxygens (including phenoxy) is 1. The quantitative estimate of drug-likeness (QED) is 0.380. The number of nitrogens with one attached hydrogen (secondary N) is 3. The summed E-state index contributed by atoms with van der Waals surface area (Å²) in [7, 11) is 0. The van der Waals surface area contributed by atoms with Gasteiger partial charge in [0.15, 0.2) is 0 Å². The van der Waals surface area contributed by atoms with Crippen LogP contribution < -0.4 is 16.0 Å². The van der Waals surface area contributed by atoms with E-state index in [0.29, 0.717) is 24.2 Å². The molecule has 180 valence electrons. The fraction of sp³-hybridized carbons (Fsp3) is 0.609. The van der Waals surface area contributed by atoms with E-state index in [2.05, 4.69) is 16.0 Å². The molecule has 3 atom stereocenters. The standard InChI is InChI=1S/C23H32N4O6/c1-13-15(24-11-5-6-12-25-22(32)33-23(2,3)4)8-7-14-18(13)21(31)27(20(14)30)16-9-10-17(28)26-19(16)29/h7-8,13,15-16,24H,5-6,9-12H2,1-4H3,(H,25,32)(H,26,28,29). The lowest BCUT2D eigenvalue weighted by atomic mass is 9.85. The number of carbonyl (C=O) groups excluding carboxylic acids is 5. The third-order valence-corrected chi connectivity index (χ3v) is 5.83. The second kappa shape index (κ2) is 9.86. The maximum atomic E-state index is 13.1. The van der Waals surface area contributed by atoms with Crippen molar-refractivity contribution in [1.82, 2.24) is 20.9 Å². The summed E-state index contributed by atoms with van der Waals surface area (Å²) < 4.78 is 5.19. The van der Waals surface area contributed by atoms with Crippen LogP contribution in [0, 0.1) is 5.92 Å². The molecule has 0 spiro atoms. The van der Waals surface area contributed by atoms with Crippen LogP contribution in [0.2, 0.25) is 0 Å². The van der Waals surface area contributed by atoms with Crippen LogP contribution in [0.15, 0.2) is 23.3 Å². The second-order valence-corrected chi connectivity index (χ2v) is 9.54. The van der Waals surface area contributed by atoms with E-state index in [0.717, 1.165) is 17.7 Å². The molecule has 3 rings (SSSR count). The van der Waals surface area contributed by atoms with Gasteiger partial charge >= 0.3 is 6.09 Å². The zero-order chi connectivity index (χ0) is 24.3. The molecular formula is C23H32N4O6. The monoisotopic (exact) mass is 460 g/mol. The number of nitrogens with zero attached hydrogens (tertiary/aromatic N) is 1. The molecule has 0 aromatic carbocycles. The topological polar surface area (TPSA) is 134 Å². The van der Waals surface area contributed by atoms with Crippen LogP contribution in [0.5, 0.6) is 0 Å². The van der Waals surface area contributed by atoms with Gasteiger partial charge in [-0.25, -0.2) is 4.79 Å². The molecule has 3 aliphatic rings. The summed E-state index contributed by atoms with van der Waals surface area (Å²) in [5.41, 5.74) is 0.184. The minimum absolute atomic E-state index is 0.0937. The molecular weight excluding hydrogens is 428 g/mol. The predicted octanol–water partition coefficient (Wildman–Crippen LogP) is 0.926. The van der Waals surface area contributed by atoms with Crippen molar-refractivity contribution >= 4 is 29.7 Å². The first-order valence-electron chi connectivity index (χ1n) is 11.3. The van der Waals surface area contributed by atoms with Crippen molar-refractivity contribution in [2.24, 2.45) is 5.92 Å². The average Bonchev–Trinajstić information content (AvgIpc) is 2.96. The molecule has 33 heavy (non-hydrogen) atoms. The second-order valence-electron chi connectivity index (χ2n) is 9.54. The van der Waals surface area contributed by atoms with Crippen LogP contribution in [-0.4, -0.2) is 65.4 Å². The predicted molar refractivity (Wildman–Crippen MR) is 119 cm³/mol. The van der Waals surface area contributed by atoms with Gasteiger partial charge in [-0.2, -0.15) is 0 Å². The zero-order valence-electron chi connectivity index (χ0n) is 19.5. The van der Waals surface area contributed by atoms with Crippen molar-refractivity contribution in [3.05, 3.63) is 23.3 Å². The number of hydrogen-bond acceptors (Lipinski definition) is 7. The molecule has 1 saturated heterocycles. The van der Waals surface area contributed by atoms with E-state index >= 15 is 0 Å². The molecule has 0 aromatic heterocycles. The first kappa shape index (κ1) is 24.6. The van der Waals surface area contributed by atoms with Crippen LogP contribution in [-0.2, 0) is 23.9 Å². The van der Waals surface area contributed by atoms with E-state index in [9.17, 15) is 24.0 Å². The van der Waals surface area contributed by atoms with Gasteiger partial charge in [-0.15, -0.1) is 0 Å². The largest absolute Gasteiger partial charge is 0.444 e. The Hall–Kier alpha value is -3.01. The lowest BCUT2D eigenvalue weighted by molar-refractivity contribution is -0.150. The van der Waals surface area contributed by atoms with Crippen LogP contribution in [0.3, 0.4) is 0 Å². The highest BCUT2D eigenvalue weighted by atomic mass is 16.6. The molecule has 1 fully saturated rings. The van der Waals surface area contributed by atoms with Crippen molar-refractivity contribution in [1.29, 1.82) is 0 Å². The Morgan fingerprint density at radius 2 is 1.85 bits per heavy atom. The number of rotatable bonds is 7. The first-order chi connectivity index (χ1) is 15.5. The number of carbonyl (C=O) groups is 5. The lowest BCUT2D eigenvalue weighted by Gasteiger charge is -2.29. The van der Waals surface area contributed by atoms with Gasteiger partial charge in [-0.3, -0.25) is 29.4 Å². The number of alkyl carbamates (subject to hydrolysis) is 1. The maximum absolute atomic E-state index is 13.1. The summed E-state index contributed by atoms with van der Waals surface area (Å²) in [6.45, 7) is 8.46. The Labute approximate surface area is 193 Å². The van der Waals surface area contributed by atoms with Gasteiger partial charge in [0.25, 0.3) is 11.8 Å². The number of unbranched alkanes of at least 4 members (excludes halogenated alkanes) is 1. The van der Waals surface area contributed by atoms with Crippen molar-refractivity contribution in [2.45, 2.75) is 71.1 Å².